The van der Waals surface area contributed by atoms with E-state index in [9.17, 15) is 26.3 Å². The Bertz CT molecular complexity index is 1190. The van der Waals surface area contributed by atoms with E-state index in [-0.39, 0.29) is 11.1 Å². The van der Waals surface area contributed by atoms with Crippen molar-refractivity contribution in [1.29, 1.82) is 0 Å². The van der Waals surface area contributed by atoms with Crippen LogP contribution >= 0.6 is 0 Å². The number of ether oxygens (including phenoxy) is 1. The molecule has 1 aliphatic carbocycles. The molecule has 7 heteroatoms. The van der Waals surface area contributed by atoms with Gasteiger partial charge in [0.2, 0.25) is 5.75 Å². The highest BCUT2D eigenvalue weighted by Gasteiger charge is 2.34. The first kappa shape index (κ1) is 23.0. The highest BCUT2D eigenvalue weighted by atomic mass is 19.4. The minimum absolute atomic E-state index is 0.0918. The zero-order valence-corrected chi connectivity index (χ0v) is 17.7. The van der Waals surface area contributed by atoms with Crippen molar-refractivity contribution in [3.8, 4) is 16.9 Å². The molecule has 0 heterocycles. The molecule has 0 aliphatic heterocycles. The molecule has 0 saturated carbocycles. The van der Waals surface area contributed by atoms with Crippen LogP contribution in [0.5, 0.6) is 5.75 Å². The molecule has 0 radical (unpaired) electrons. The molecule has 0 bridgehead atoms. The summed E-state index contributed by atoms with van der Waals surface area (Å²) in [5.41, 5.74) is 4.60. The molecule has 0 fully saturated rings. The first-order chi connectivity index (χ1) is 15.6. The summed E-state index contributed by atoms with van der Waals surface area (Å²) in [7, 11) is 0. The van der Waals surface area contributed by atoms with Crippen LogP contribution in [0.3, 0.4) is 0 Å². The van der Waals surface area contributed by atoms with Crippen molar-refractivity contribution in [2.45, 2.75) is 39.0 Å². The SMILES string of the molecule is CCCc1ccc(C2=CCc3cc(-c4cc(F)c(OC(F)(F)F)c(F)c4)c(F)cc3C2)cc1. The van der Waals surface area contributed by atoms with E-state index in [1.807, 2.05) is 18.2 Å². The van der Waals surface area contributed by atoms with E-state index in [4.69, 9.17) is 0 Å². The molecule has 0 unspecified atom stereocenters. The molecule has 1 aliphatic rings. The van der Waals surface area contributed by atoms with Gasteiger partial charge >= 0.3 is 6.36 Å². The first-order valence-corrected chi connectivity index (χ1v) is 10.5. The van der Waals surface area contributed by atoms with Gasteiger partial charge in [-0.25, -0.2) is 13.2 Å². The smallest absolute Gasteiger partial charge is 0.399 e. The van der Waals surface area contributed by atoms with Crippen LogP contribution in [0.15, 0.2) is 54.6 Å². The topological polar surface area (TPSA) is 9.23 Å². The zero-order chi connectivity index (χ0) is 23.8. The molecular weight excluding hydrogens is 442 g/mol. The van der Waals surface area contributed by atoms with Crippen molar-refractivity contribution < 1.29 is 31.1 Å². The van der Waals surface area contributed by atoms with Crippen LogP contribution in [-0.4, -0.2) is 6.36 Å². The molecule has 0 spiro atoms. The number of fused-ring (bicyclic) bond motifs is 1. The third-order valence-electron chi connectivity index (χ3n) is 5.63. The van der Waals surface area contributed by atoms with Gasteiger partial charge in [-0.15, -0.1) is 13.2 Å². The van der Waals surface area contributed by atoms with E-state index in [1.165, 1.54) is 17.7 Å². The summed E-state index contributed by atoms with van der Waals surface area (Å²) in [5, 5.41) is 0. The molecule has 0 aromatic heterocycles. The first-order valence-electron chi connectivity index (χ1n) is 10.5. The summed E-state index contributed by atoms with van der Waals surface area (Å²) in [6.45, 7) is 2.12. The average molecular weight is 462 g/mol. The van der Waals surface area contributed by atoms with Crippen molar-refractivity contribution in [2.24, 2.45) is 0 Å². The maximum atomic E-state index is 14.9. The standard InChI is InChI=1S/C26H20F6O/c1-2-3-15-4-6-16(7-5-15)17-8-9-18-11-21(22(27)12-19(18)10-17)20-13-23(28)25(24(29)14-20)33-26(30,31)32/h4-8,11-14H,2-3,9-10H2,1H3. The normalized spacial score (nSPS) is 13.5. The molecule has 172 valence electrons. The van der Waals surface area contributed by atoms with Crippen molar-refractivity contribution in [2.75, 3.05) is 0 Å². The quantitative estimate of drug-likeness (QED) is 0.352. The number of rotatable bonds is 5. The molecule has 4 rings (SSSR count). The van der Waals surface area contributed by atoms with Crippen LogP contribution in [0.1, 0.15) is 35.6 Å². The number of alkyl halides is 3. The van der Waals surface area contributed by atoms with Gasteiger partial charge in [0.05, 0.1) is 0 Å². The number of allylic oxidation sites excluding steroid dienone is 2. The van der Waals surface area contributed by atoms with Gasteiger partial charge in [0.25, 0.3) is 0 Å². The van der Waals surface area contributed by atoms with Crippen LogP contribution in [0.2, 0.25) is 0 Å². The van der Waals surface area contributed by atoms with Crippen LogP contribution in [0, 0.1) is 17.5 Å². The second-order valence-corrected chi connectivity index (χ2v) is 7.97. The van der Waals surface area contributed by atoms with E-state index in [0.29, 0.717) is 25.0 Å². The Morgan fingerprint density at radius 1 is 0.818 bits per heavy atom. The van der Waals surface area contributed by atoms with Crippen LogP contribution in [-0.2, 0) is 19.3 Å². The Kier molecular flexibility index (Phi) is 6.23. The molecule has 0 atom stereocenters. The fourth-order valence-corrected chi connectivity index (χ4v) is 4.07. The van der Waals surface area contributed by atoms with Crippen LogP contribution in [0.25, 0.3) is 16.7 Å². The Morgan fingerprint density at radius 2 is 1.48 bits per heavy atom. The molecule has 0 saturated heterocycles. The summed E-state index contributed by atoms with van der Waals surface area (Å²) in [6.07, 6.45) is -0.167. The minimum atomic E-state index is -5.25. The van der Waals surface area contributed by atoms with Gasteiger partial charge < -0.3 is 4.74 Å². The Labute approximate surface area is 187 Å². The van der Waals surface area contributed by atoms with Gasteiger partial charge in [0.1, 0.15) is 5.82 Å². The fourth-order valence-electron chi connectivity index (χ4n) is 4.07. The predicted octanol–water partition coefficient (Wildman–Crippen LogP) is 7.80. The average Bonchev–Trinajstić information content (AvgIpc) is 2.75. The number of halogens is 6. The minimum Gasteiger partial charge on any atom is -0.399 e. The van der Waals surface area contributed by atoms with Crippen molar-refractivity contribution in [1.82, 2.24) is 0 Å². The largest absolute Gasteiger partial charge is 0.573 e. The monoisotopic (exact) mass is 462 g/mol. The fraction of sp³-hybridized carbons (Fsp3) is 0.231. The van der Waals surface area contributed by atoms with Gasteiger partial charge in [-0.3, -0.25) is 0 Å². The van der Waals surface area contributed by atoms with Gasteiger partial charge in [0, 0.05) is 5.56 Å². The van der Waals surface area contributed by atoms with Crippen molar-refractivity contribution >= 4 is 5.57 Å². The molecule has 33 heavy (non-hydrogen) atoms. The lowest BCUT2D eigenvalue weighted by molar-refractivity contribution is -0.276. The number of benzene rings is 3. The summed E-state index contributed by atoms with van der Waals surface area (Å²) in [6, 6.07) is 12.3. The lowest BCUT2D eigenvalue weighted by atomic mass is 9.86. The Morgan fingerprint density at radius 3 is 2.09 bits per heavy atom. The van der Waals surface area contributed by atoms with Crippen LogP contribution < -0.4 is 4.74 Å². The van der Waals surface area contributed by atoms with Gasteiger partial charge in [-0.1, -0.05) is 43.7 Å². The Hall–Kier alpha value is -3.22. The maximum Gasteiger partial charge on any atom is 0.573 e. The third kappa shape index (κ3) is 5.07. The second kappa shape index (κ2) is 8.96. The second-order valence-electron chi connectivity index (χ2n) is 7.97. The highest BCUT2D eigenvalue weighted by molar-refractivity contribution is 5.73. The van der Waals surface area contributed by atoms with Crippen LogP contribution in [0.4, 0.5) is 26.3 Å². The summed E-state index contributed by atoms with van der Waals surface area (Å²) < 4.78 is 83.6. The van der Waals surface area contributed by atoms with E-state index in [0.717, 1.165) is 35.1 Å². The predicted molar refractivity (Wildman–Crippen MR) is 114 cm³/mol. The molecule has 3 aromatic rings. The van der Waals surface area contributed by atoms with E-state index in [1.54, 1.807) is 0 Å². The van der Waals surface area contributed by atoms with Crippen molar-refractivity contribution in [3.05, 3.63) is 94.3 Å². The van der Waals surface area contributed by atoms with E-state index >= 15 is 0 Å². The maximum absolute atomic E-state index is 14.9. The van der Waals surface area contributed by atoms with Crippen molar-refractivity contribution in [3.63, 3.8) is 0 Å². The van der Waals surface area contributed by atoms with E-state index < -0.39 is 29.6 Å². The molecular formula is C26H20F6O. The lowest BCUT2D eigenvalue weighted by Gasteiger charge is -2.20. The lowest BCUT2D eigenvalue weighted by Crippen LogP contribution is -2.19. The summed E-state index contributed by atoms with van der Waals surface area (Å²) >= 11 is 0. The third-order valence-corrected chi connectivity index (χ3v) is 5.63. The summed E-state index contributed by atoms with van der Waals surface area (Å²) in [4.78, 5) is 0. The van der Waals surface area contributed by atoms with Gasteiger partial charge in [-0.2, -0.15) is 0 Å². The zero-order valence-electron chi connectivity index (χ0n) is 17.7. The number of aryl methyl sites for hydroxylation is 1. The van der Waals surface area contributed by atoms with Gasteiger partial charge in [0.15, 0.2) is 11.6 Å². The number of hydrogen-bond donors (Lipinski definition) is 0. The highest BCUT2D eigenvalue weighted by Crippen LogP contribution is 2.36. The molecule has 0 N–H and O–H groups in total. The number of hydrogen-bond acceptors (Lipinski definition) is 1. The Balaban J connectivity index is 1.62. The molecule has 3 aromatic carbocycles. The van der Waals surface area contributed by atoms with Gasteiger partial charge in [-0.05, 0) is 76.9 Å². The molecule has 1 nitrogen and oxygen atoms in total. The molecule has 0 amide bonds. The summed E-state index contributed by atoms with van der Waals surface area (Å²) in [5.74, 6) is -5.40. The van der Waals surface area contributed by atoms with E-state index in [2.05, 4.69) is 23.8 Å².